The molecule has 3 aromatic rings. The lowest BCUT2D eigenvalue weighted by molar-refractivity contribution is 0.680. The lowest BCUT2D eigenvalue weighted by Gasteiger charge is -2.05. The van der Waals surface area contributed by atoms with E-state index in [9.17, 15) is 0 Å². The van der Waals surface area contributed by atoms with Crippen molar-refractivity contribution in [3.63, 3.8) is 0 Å². The standard InChI is InChI=1S/C15H17N9/c1-2-3-7-18-14-13-12(19-15(20-14)21-23-16)10-24(22-13)9-11-6-4-5-8-17-11/h4-6,8,10H,2-3,7,9H2,1H3,(H,18,19,20). The number of unbranched alkanes of at least 4 members (excludes halogenated alkanes) is 1. The topological polar surface area (TPSA) is 117 Å². The van der Waals surface area contributed by atoms with Crippen molar-refractivity contribution in [2.24, 2.45) is 5.11 Å². The molecule has 0 aliphatic rings. The highest BCUT2D eigenvalue weighted by Gasteiger charge is 2.11. The highest BCUT2D eigenvalue weighted by molar-refractivity contribution is 5.85. The van der Waals surface area contributed by atoms with Crippen LogP contribution in [0.25, 0.3) is 21.5 Å². The Labute approximate surface area is 138 Å². The van der Waals surface area contributed by atoms with Crippen LogP contribution in [0.3, 0.4) is 0 Å². The first-order valence-corrected chi connectivity index (χ1v) is 7.74. The second-order valence-electron chi connectivity index (χ2n) is 5.22. The molecule has 0 unspecified atom stereocenters. The zero-order chi connectivity index (χ0) is 16.8. The van der Waals surface area contributed by atoms with Crippen LogP contribution in [0.5, 0.6) is 0 Å². The molecule has 0 saturated carbocycles. The van der Waals surface area contributed by atoms with Crippen LogP contribution in [0, 0.1) is 0 Å². The normalized spacial score (nSPS) is 10.5. The van der Waals surface area contributed by atoms with E-state index in [-0.39, 0.29) is 5.95 Å². The Bertz CT molecular complexity index is 865. The summed E-state index contributed by atoms with van der Waals surface area (Å²) < 4.78 is 1.76. The number of nitrogens with zero attached hydrogens (tertiary/aromatic N) is 8. The number of azide groups is 1. The number of fused-ring (bicyclic) bond motifs is 1. The maximum Gasteiger partial charge on any atom is 0.219 e. The minimum absolute atomic E-state index is 0.0846. The molecule has 0 radical (unpaired) electrons. The Balaban J connectivity index is 1.96. The number of hydrogen-bond acceptors (Lipinski definition) is 6. The Hall–Kier alpha value is -3.19. The fourth-order valence-corrected chi connectivity index (χ4v) is 2.28. The SMILES string of the molecule is CCCCNc1nc(N=[N+]=[N-])nc2cn(Cc3ccccn3)nc12. The summed E-state index contributed by atoms with van der Waals surface area (Å²) in [6, 6.07) is 5.74. The van der Waals surface area contributed by atoms with Gasteiger partial charge in [0.15, 0.2) is 11.3 Å². The van der Waals surface area contributed by atoms with Gasteiger partial charge in [-0.15, -0.1) is 0 Å². The summed E-state index contributed by atoms with van der Waals surface area (Å²) in [7, 11) is 0. The predicted octanol–water partition coefficient (Wildman–Crippen LogP) is 3.42. The molecule has 0 aromatic carbocycles. The maximum atomic E-state index is 8.63. The fraction of sp³-hybridized carbons (Fsp3) is 0.333. The molecule has 0 saturated heterocycles. The third kappa shape index (κ3) is 3.58. The summed E-state index contributed by atoms with van der Waals surface area (Å²) in [5.74, 6) is 0.664. The number of rotatable bonds is 7. The predicted molar refractivity (Wildman–Crippen MR) is 90.9 cm³/mol. The molecule has 122 valence electrons. The molecule has 3 rings (SSSR count). The highest BCUT2D eigenvalue weighted by atomic mass is 15.3. The third-order valence-corrected chi connectivity index (χ3v) is 3.41. The van der Waals surface area contributed by atoms with E-state index in [1.165, 1.54) is 0 Å². The molecule has 1 N–H and O–H groups in total. The molecule has 0 aliphatic heterocycles. The van der Waals surface area contributed by atoms with Gasteiger partial charge in [-0.05, 0) is 29.2 Å². The van der Waals surface area contributed by atoms with Gasteiger partial charge in [-0.3, -0.25) is 9.67 Å². The number of pyridine rings is 1. The van der Waals surface area contributed by atoms with E-state index in [1.807, 2.05) is 18.2 Å². The van der Waals surface area contributed by atoms with Crippen LogP contribution < -0.4 is 5.32 Å². The van der Waals surface area contributed by atoms with E-state index in [4.69, 9.17) is 5.53 Å². The summed E-state index contributed by atoms with van der Waals surface area (Å²) in [4.78, 5) is 15.5. The molecular weight excluding hydrogens is 306 g/mol. The minimum Gasteiger partial charge on any atom is -0.368 e. The third-order valence-electron chi connectivity index (χ3n) is 3.41. The monoisotopic (exact) mass is 323 g/mol. The van der Waals surface area contributed by atoms with Gasteiger partial charge in [-0.2, -0.15) is 5.10 Å². The van der Waals surface area contributed by atoms with Gasteiger partial charge in [0.1, 0.15) is 5.52 Å². The Morgan fingerprint density at radius 3 is 3.00 bits per heavy atom. The Morgan fingerprint density at radius 2 is 2.25 bits per heavy atom. The zero-order valence-electron chi connectivity index (χ0n) is 13.3. The van der Waals surface area contributed by atoms with Crippen molar-refractivity contribution < 1.29 is 0 Å². The van der Waals surface area contributed by atoms with Gasteiger partial charge in [0, 0.05) is 17.7 Å². The Morgan fingerprint density at radius 1 is 1.33 bits per heavy atom. The van der Waals surface area contributed by atoms with Crippen LogP contribution in [-0.4, -0.2) is 31.3 Å². The van der Waals surface area contributed by atoms with Crippen molar-refractivity contribution in [3.05, 3.63) is 46.7 Å². The zero-order valence-corrected chi connectivity index (χ0v) is 13.3. The molecule has 0 fully saturated rings. The average Bonchev–Trinajstić information content (AvgIpc) is 2.99. The summed E-state index contributed by atoms with van der Waals surface area (Å²) in [5.41, 5.74) is 10.8. The van der Waals surface area contributed by atoms with E-state index in [2.05, 4.69) is 42.3 Å². The largest absolute Gasteiger partial charge is 0.368 e. The molecule has 0 spiro atoms. The maximum absolute atomic E-state index is 8.63. The first-order valence-electron chi connectivity index (χ1n) is 7.74. The summed E-state index contributed by atoms with van der Waals surface area (Å²) in [6.45, 7) is 3.41. The van der Waals surface area contributed by atoms with Crippen LogP contribution in [0.4, 0.5) is 11.8 Å². The highest BCUT2D eigenvalue weighted by Crippen LogP contribution is 2.22. The number of anilines is 1. The van der Waals surface area contributed by atoms with Gasteiger partial charge in [0.2, 0.25) is 5.95 Å². The first-order chi connectivity index (χ1) is 11.8. The quantitative estimate of drug-likeness (QED) is 0.309. The number of hydrogen-bond donors (Lipinski definition) is 1. The minimum atomic E-state index is 0.0846. The van der Waals surface area contributed by atoms with E-state index in [1.54, 1.807) is 17.1 Å². The lowest BCUT2D eigenvalue weighted by atomic mass is 10.3. The molecule has 24 heavy (non-hydrogen) atoms. The van der Waals surface area contributed by atoms with Crippen molar-refractivity contribution in [2.45, 2.75) is 26.3 Å². The molecule has 3 aromatic heterocycles. The second-order valence-corrected chi connectivity index (χ2v) is 5.22. The van der Waals surface area contributed by atoms with Gasteiger partial charge in [-0.25, -0.2) is 9.97 Å². The van der Waals surface area contributed by atoms with Crippen molar-refractivity contribution in [1.82, 2.24) is 24.7 Å². The summed E-state index contributed by atoms with van der Waals surface area (Å²) >= 11 is 0. The first kappa shape index (κ1) is 15.7. The van der Waals surface area contributed by atoms with Crippen LogP contribution in [0.15, 0.2) is 35.7 Å². The average molecular weight is 323 g/mol. The van der Waals surface area contributed by atoms with Crippen LogP contribution in [-0.2, 0) is 6.54 Å². The molecule has 0 atom stereocenters. The van der Waals surface area contributed by atoms with E-state index in [0.717, 1.165) is 25.1 Å². The molecule has 0 bridgehead atoms. The van der Waals surface area contributed by atoms with Gasteiger partial charge in [0.25, 0.3) is 0 Å². The summed E-state index contributed by atoms with van der Waals surface area (Å²) in [5, 5.41) is 11.3. The van der Waals surface area contributed by atoms with Crippen molar-refractivity contribution in [1.29, 1.82) is 0 Å². The second kappa shape index (κ2) is 7.38. The van der Waals surface area contributed by atoms with Gasteiger partial charge in [-0.1, -0.05) is 19.4 Å². The molecule has 0 amide bonds. The van der Waals surface area contributed by atoms with Gasteiger partial charge < -0.3 is 5.32 Å². The van der Waals surface area contributed by atoms with Crippen LogP contribution >= 0.6 is 0 Å². The van der Waals surface area contributed by atoms with E-state index >= 15 is 0 Å². The fourth-order valence-electron chi connectivity index (χ4n) is 2.28. The molecule has 3 heterocycles. The van der Waals surface area contributed by atoms with E-state index in [0.29, 0.717) is 23.4 Å². The summed E-state index contributed by atoms with van der Waals surface area (Å²) in [6.07, 6.45) is 5.62. The van der Waals surface area contributed by atoms with Crippen molar-refractivity contribution in [3.8, 4) is 0 Å². The van der Waals surface area contributed by atoms with E-state index < -0.39 is 0 Å². The Kier molecular flexibility index (Phi) is 4.83. The van der Waals surface area contributed by atoms with Crippen LogP contribution in [0.1, 0.15) is 25.5 Å². The molecular formula is C15H17N9. The van der Waals surface area contributed by atoms with Gasteiger partial charge >= 0.3 is 0 Å². The molecule has 9 heteroatoms. The van der Waals surface area contributed by atoms with Crippen molar-refractivity contribution in [2.75, 3.05) is 11.9 Å². The number of aromatic nitrogens is 5. The van der Waals surface area contributed by atoms with Crippen LogP contribution in [0.2, 0.25) is 0 Å². The van der Waals surface area contributed by atoms with Gasteiger partial charge in [0.05, 0.1) is 18.4 Å². The molecule has 9 nitrogen and oxygen atoms in total. The molecule has 0 aliphatic carbocycles. The number of nitrogens with one attached hydrogen (secondary N) is 1. The lowest BCUT2D eigenvalue weighted by Crippen LogP contribution is -2.05. The smallest absolute Gasteiger partial charge is 0.219 e. The van der Waals surface area contributed by atoms with Crippen molar-refractivity contribution >= 4 is 22.8 Å².